The van der Waals surface area contributed by atoms with E-state index in [4.69, 9.17) is 4.42 Å². The Morgan fingerprint density at radius 2 is 2.10 bits per heavy atom. The lowest BCUT2D eigenvalue weighted by molar-refractivity contribution is 0.500. The number of aromatic nitrogens is 4. The number of rotatable bonds is 3. The maximum absolute atomic E-state index is 11.6. The van der Waals surface area contributed by atoms with E-state index in [-0.39, 0.29) is 11.7 Å². The van der Waals surface area contributed by atoms with Crippen molar-refractivity contribution in [1.29, 1.82) is 0 Å². The molecule has 0 aliphatic carbocycles. The molecule has 1 unspecified atom stereocenters. The van der Waals surface area contributed by atoms with E-state index in [2.05, 4.69) is 20.5 Å². The zero-order chi connectivity index (χ0) is 15.1. The van der Waals surface area contributed by atoms with Crippen LogP contribution in [0.3, 0.4) is 0 Å². The summed E-state index contributed by atoms with van der Waals surface area (Å²) in [7, 11) is 0. The largest absolute Gasteiger partial charge is 0.466 e. The minimum absolute atomic E-state index is 0.0439. The van der Waals surface area contributed by atoms with E-state index in [9.17, 15) is 4.79 Å². The molecule has 2 N–H and O–H groups in total. The van der Waals surface area contributed by atoms with Crippen molar-refractivity contribution in [3.05, 3.63) is 45.5 Å². The molecule has 21 heavy (non-hydrogen) atoms. The molecule has 0 aromatic carbocycles. The summed E-state index contributed by atoms with van der Waals surface area (Å²) >= 11 is 0. The molecule has 0 fully saturated rings. The van der Waals surface area contributed by atoms with Crippen LogP contribution in [0.25, 0.3) is 5.65 Å². The predicted octanol–water partition coefficient (Wildman–Crippen LogP) is 2.11. The van der Waals surface area contributed by atoms with Crippen LogP contribution in [0.15, 0.2) is 21.3 Å². The first-order valence-electron chi connectivity index (χ1n) is 6.74. The molecular weight excluding hydrogens is 270 g/mol. The van der Waals surface area contributed by atoms with E-state index in [1.54, 1.807) is 13.0 Å². The number of nitrogens with one attached hydrogen (secondary N) is 2. The number of aromatic amines is 1. The average Bonchev–Trinajstić information content (AvgIpc) is 2.93. The van der Waals surface area contributed by atoms with E-state index in [1.165, 1.54) is 4.40 Å². The lowest BCUT2D eigenvalue weighted by Crippen LogP contribution is -2.15. The fraction of sp³-hybridized carbons (Fsp3) is 0.357. The smallest absolute Gasteiger partial charge is 0.349 e. The van der Waals surface area contributed by atoms with Gasteiger partial charge in [0.2, 0.25) is 0 Å². The Hall–Kier alpha value is -2.57. The summed E-state index contributed by atoms with van der Waals surface area (Å²) in [5, 5.41) is 9.70. The van der Waals surface area contributed by atoms with Gasteiger partial charge in [-0.3, -0.25) is 0 Å². The maximum Gasteiger partial charge on any atom is 0.349 e. The highest BCUT2D eigenvalue weighted by Crippen LogP contribution is 2.24. The SMILES string of the molecule is Cc1cc(C(C)Nc2cc3n[nH]c(=O)n3c(C)n2)c(C)o1. The van der Waals surface area contributed by atoms with Crippen molar-refractivity contribution >= 4 is 11.5 Å². The van der Waals surface area contributed by atoms with Gasteiger partial charge in [-0.05, 0) is 33.8 Å². The highest BCUT2D eigenvalue weighted by Gasteiger charge is 2.14. The molecule has 0 spiro atoms. The third kappa shape index (κ3) is 2.31. The fourth-order valence-electron chi connectivity index (χ4n) is 2.55. The highest BCUT2D eigenvalue weighted by atomic mass is 16.3. The Kier molecular flexibility index (Phi) is 3.04. The van der Waals surface area contributed by atoms with Crippen LogP contribution >= 0.6 is 0 Å². The molecule has 3 heterocycles. The number of fused-ring (bicyclic) bond motifs is 1. The Bertz CT molecular complexity index is 858. The normalized spacial score (nSPS) is 12.8. The summed E-state index contributed by atoms with van der Waals surface area (Å²) in [4.78, 5) is 16.0. The number of anilines is 1. The van der Waals surface area contributed by atoms with Crippen LogP contribution in [-0.2, 0) is 0 Å². The second-order valence-electron chi connectivity index (χ2n) is 5.15. The van der Waals surface area contributed by atoms with Gasteiger partial charge in [-0.1, -0.05) is 0 Å². The lowest BCUT2D eigenvalue weighted by atomic mass is 10.1. The minimum Gasteiger partial charge on any atom is -0.466 e. The van der Waals surface area contributed by atoms with Crippen LogP contribution in [0.2, 0.25) is 0 Å². The quantitative estimate of drug-likeness (QED) is 0.770. The summed E-state index contributed by atoms with van der Waals surface area (Å²) in [5.74, 6) is 3.03. The molecule has 7 nitrogen and oxygen atoms in total. The number of H-pyrrole nitrogens is 1. The highest BCUT2D eigenvalue weighted by molar-refractivity contribution is 5.50. The van der Waals surface area contributed by atoms with Gasteiger partial charge in [-0.15, -0.1) is 0 Å². The minimum atomic E-state index is -0.282. The van der Waals surface area contributed by atoms with Crippen LogP contribution in [0, 0.1) is 20.8 Å². The maximum atomic E-state index is 11.6. The molecule has 0 aliphatic rings. The van der Waals surface area contributed by atoms with Gasteiger partial charge in [0.25, 0.3) is 0 Å². The molecule has 0 radical (unpaired) electrons. The second kappa shape index (κ2) is 4.76. The van der Waals surface area contributed by atoms with E-state index < -0.39 is 0 Å². The van der Waals surface area contributed by atoms with Crippen LogP contribution in [0.4, 0.5) is 5.82 Å². The number of hydrogen-bond donors (Lipinski definition) is 2. The molecule has 0 bridgehead atoms. The summed E-state index contributed by atoms with van der Waals surface area (Å²) in [6.07, 6.45) is 0. The van der Waals surface area contributed by atoms with Gasteiger partial charge in [0.1, 0.15) is 23.2 Å². The van der Waals surface area contributed by atoms with Crippen LogP contribution < -0.4 is 11.0 Å². The van der Waals surface area contributed by atoms with Crippen LogP contribution in [0.1, 0.15) is 35.9 Å². The topological polar surface area (TPSA) is 88.2 Å². The molecule has 0 saturated heterocycles. The van der Waals surface area contributed by atoms with Gasteiger partial charge < -0.3 is 9.73 Å². The average molecular weight is 287 g/mol. The van der Waals surface area contributed by atoms with Crippen molar-refractivity contribution in [3.63, 3.8) is 0 Å². The molecule has 7 heteroatoms. The molecule has 3 aromatic heterocycles. The van der Waals surface area contributed by atoms with Crippen molar-refractivity contribution < 1.29 is 4.42 Å². The third-order valence-electron chi connectivity index (χ3n) is 3.48. The Morgan fingerprint density at radius 3 is 2.76 bits per heavy atom. The van der Waals surface area contributed by atoms with Gasteiger partial charge in [-0.2, -0.15) is 5.10 Å². The first-order chi connectivity index (χ1) is 9.95. The zero-order valence-electron chi connectivity index (χ0n) is 12.4. The second-order valence-corrected chi connectivity index (χ2v) is 5.15. The van der Waals surface area contributed by atoms with Gasteiger partial charge in [0, 0.05) is 11.6 Å². The zero-order valence-corrected chi connectivity index (χ0v) is 12.4. The van der Waals surface area contributed by atoms with Gasteiger partial charge >= 0.3 is 5.69 Å². The first-order valence-corrected chi connectivity index (χ1v) is 6.74. The first kappa shape index (κ1) is 13.4. The van der Waals surface area contributed by atoms with Crippen LogP contribution in [0.5, 0.6) is 0 Å². The number of furan rings is 1. The monoisotopic (exact) mass is 287 g/mol. The molecule has 3 aromatic rings. The molecule has 0 aliphatic heterocycles. The number of aryl methyl sites for hydroxylation is 3. The van der Waals surface area contributed by atoms with Gasteiger partial charge in [0.05, 0.1) is 6.04 Å². The fourth-order valence-corrected chi connectivity index (χ4v) is 2.55. The van der Waals surface area contributed by atoms with E-state index in [1.807, 2.05) is 26.8 Å². The van der Waals surface area contributed by atoms with Crippen LogP contribution in [-0.4, -0.2) is 19.6 Å². The van der Waals surface area contributed by atoms with Crippen molar-refractivity contribution in [2.75, 3.05) is 5.32 Å². The molecule has 110 valence electrons. The van der Waals surface area contributed by atoms with E-state index in [0.717, 1.165) is 17.1 Å². The van der Waals surface area contributed by atoms with E-state index >= 15 is 0 Å². The number of nitrogens with zero attached hydrogens (tertiary/aromatic N) is 3. The molecule has 3 rings (SSSR count). The number of hydrogen-bond acceptors (Lipinski definition) is 5. The Balaban J connectivity index is 1.94. The Labute approximate surface area is 121 Å². The summed E-state index contributed by atoms with van der Waals surface area (Å²) < 4.78 is 6.98. The van der Waals surface area contributed by atoms with Crippen molar-refractivity contribution in [3.8, 4) is 0 Å². The molecule has 1 atom stereocenters. The lowest BCUT2D eigenvalue weighted by Gasteiger charge is -2.14. The van der Waals surface area contributed by atoms with Crippen molar-refractivity contribution in [1.82, 2.24) is 19.6 Å². The van der Waals surface area contributed by atoms with E-state index in [0.29, 0.717) is 17.3 Å². The van der Waals surface area contributed by atoms with Crippen molar-refractivity contribution in [2.45, 2.75) is 33.7 Å². The van der Waals surface area contributed by atoms with Crippen molar-refractivity contribution in [2.24, 2.45) is 0 Å². The molecular formula is C14H17N5O2. The molecule has 0 amide bonds. The summed E-state index contributed by atoms with van der Waals surface area (Å²) in [6.45, 7) is 7.67. The predicted molar refractivity (Wildman–Crippen MR) is 78.6 cm³/mol. The summed E-state index contributed by atoms with van der Waals surface area (Å²) in [6, 6.07) is 3.80. The van der Waals surface area contributed by atoms with Gasteiger partial charge in [-0.25, -0.2) is 19.3 Å². The third-order valence-corrected chi connectivity index (χ3v) is 3.48. The summed E-state index contributed by atoms with van der Waals surface area (Å²) in [5.41, 5.74) is 1.35. The van der Waals surface area contributed by atoms with Gasteiger partial charge in [0.15, 0.2) is 5.65 Å². The Morgan fingerprint density at radius 1 is 1.33 bits per heavy atom. The molecule has 0 saturated carbocycles. The standard InChI is InChI=1S/C14H17N5O2/c1-7-5-11(9(3)21-7)8(2)15-12-6-13-17-18-14(20)19(13)10(4)16-12/h5-6,8,15H,1-4H3,(H,18,20).